The minimum absolute atomic E-state index is 0.347. The zero-order chi connectivity index (χ0) is 11.6. The summed E-state index contributed by atoms with van der Waals surface area (Å²) < 4.78 is 18.7. The molecule has 0 heterocycles. The molecule has 0 amide bonds. The maximum Gasteiger partial charge on any atom is 0.139 e. The molecule has 0 aliphatic rings. The maximum atomic E-state index is 13.1. The molecule has 0 aliphatic carbocycles. The quantitative estimate of drug-likeness (QED) is 0.888. The fourth-order valence-electron chi connectivity index (χ4n) is 1.30. The third kappa shape index (κ3) is 2.68. The van der Waals surface area contributed by atoms with E-state index < -0.39 is 18.0 Å². The van der Waals surface area contributed by atoms with Crippen LogP contribution in [0.2, 0.25) is 0 Å². The van der Waals surface area contributed by atoms with E-state index in [0.717, 1.165) is 0 Å². The van der Waals surface area contributed by atoms with E-state index in [2.05, 4.69) is 15.9 Å². The lowest BCUT2D eigenvalue weighted by molar-refractivity contribution is 0.149. The molecule has 0 saturated heterocycles. The molecular formula is C10H13BrFNO2. The van der Waals surface area contributed by atoms with Crippen LogP contribution < -0.4 is 10.5 Å². The van der Waals surface area contributed by atoms with Crippen molar-refractivity contribution in [3.8, 4) is 5.75 Å². The molecule has 5 heteroatoms. The summed E-state index contributed by atoms with van der Waals surface area (Å²) in [6, 6.07) is 2.00. The van der Waals surface area contributed by atoms with Crippen molar-refractivity contribution in [2.75, 3.05) is 7.11 Å². The minimum Gasteiger partial charge on any atom is -0.495 e. The van der Waals surface area contributed by atoms with Crippen LogP contribution in [0.5, 0.6) is 5.75 Å². The summed E-state index contributed by atoms with van der Waals surface area (Å²) in [4.78, 5) is 0. The average molecular weight is 278 g/mol. The van der Waals surface area contributed by atoms with E-state index in [0.29, 0.717) is 15.8 Å². The molecule has 0 aliphatic heterocycles. The number of aliphatic hydroxyl groups is 1. The van der Waals surface area contributed by atoms with Gasteiger partial charge in [-0.1, -0.05) is 0 Å². The number of benzene rings is 1. The van der Waals surface area contributed by atoms with Gasteiger partial charge in [-0.05, 0) is 35.0 Å². The Hall–Kier alpha value is -0.650. The van der Waals surface area contributed by atoms with Crippen LogP contribution in [0.4, 0.5) is 4.39 Å². The van der Waals surface area contributed by atoms with Crippen LogP contribution in [-0.2, 0) is 0 Å². The summed E-state index contributed by atoms with van der Waals surface area (Å²) in [7, 11) is 1.45. The first-order valence-corrected chi connectivity index (χ1v) is 5.23. The predicted molar refractivity (Wildman–Crippen MR) is 59.3 cm³/mol. The number of hydrogen-bond donors (Lipinski definition) is 2. The molecule has 15 heavy (non-hydrogen) atoms. The van der Waals surface area contributed by atoms with Crippen LogP contribution >= 0.6 is 15.9 Å². The number of ether oxygens (including phenoxy) is 1. The van der Waals surface area contributed by atoms with Crippen molar-refractivity contribution in [1.82, 2.24) is 0 Å². The van der Waals surface area contributed by atoms with E-state index in [4.69, 9.17) is 10.5 Å². The van der Waals surface area contributed by atoms with Gasteiger partial charge in [-0.25, -0.2) is 4.39 Å². The fourth-order valence-corrected chi connectivity index (χ4v) is 1.91. The van der Waals surface area contributed by atoms with Gasteiger partial charge in [0, 0.05) is 11.6 Å². The van der Waals surface area contributed by atoms with E-state index in [1.54, 1.807) is 6.92 Å². The van der Waals surface area contributed by atoms with Gasteiger partial charge in [0.2, 0.25) is 0 Å². The third-order valence-corrected chi connectivity index (χ3v) is 2.65. The first kappa shape index (κ1) is 12.4. The van der Waals surface area contributed by atoms with Gasteiger partial charge in [0.25, 0.3) is 0 Å². The Labute approximate surface area is 96.2 Å². The van der Waals surface area contributed by atoms with E-state index in [9.17, 15) is 9.50 Å². The van der Waals surface area contributed by atoms with Gasteiger partial charge >= 0.3 is 0 Å². The lowest BCUT2D eigenvalue weighted by Crippen LogP contribution is -2.25. The standard InChI is InChI=1S/C10H13BrFNO2/c1-5(13)9(14)7-3-6(12)4-8(11)10(7)15-2/h3-5,9,14H,13H2,1-2H3. The molecule has 84 valence electrons. The summed E-state index contributed by atoms with van der Waals surface area (Å²) in [5, 5.41) is 9.77. The Morgan fingerprint density at radius 1 is 1.53 bits per heavy atom. The SMILES string of the molecule is COc1c(Br)cc(F)cc1C(O)C(C)N. The van der Waals surface area contributed by atoms with E-state index >= 15 is 0 Å². The number of nitrogens with two attached hydrogens (primary N) is 1. The highest BCUT2D eigenvalue weighted by Crippen LogP contribution is 2.34. The highest BCUT2D eigenvalue weighted by Gasteiger charge is 2.20. The van der Waals surface area contributed by atoms with Crippen molar-refractivity contribution < 1.29 is 14.2 Å². The van der Waals surface area contributed by atoms with Gasteiger partial charge in [0.15, 0.2) is 0 Å². The van der Waals surface area contributed by atoms with Crippen molar-refractivity contribution >= 4 is 15.9 Å². The summed E-state index contributed by atoms with van der Waals surface area (Å²) in [6.07, 6.45) is -0.952. The van der Waals surface area contributed by atoms with E-state index in [-0.39, 0.29) is 0 Å². The second-order valence-corrected chi connectivity index (χ2v) is 4.17. The molecule has 0 spiro atoms. The molecule has 0 bridgehead atoms. The minimum atomic E-state index is -0.952. The van der Waals surface area contributed by atoms with Crippen molar-refractivity contribution in [3.63, 3.8) is 0 Å². The van der Waals surface area contributed by atoms with Crippen molar-refractivity contribution in [2.45, 2.75) is 19.1 Å². The molecule has 1 rings (SSSR count). The number of rotatable bonds is 3. The first-order chi connectivity index (χ1) is 6.97. The molecule has 2 unspecified atom stereocenters. The number of halogens is 2. The van der Waals surface area contributed by atoms with Gasteiger partial charge < -0.3 is 15.6 Å². The third-order valence-electron chi connectivity index (χ3n) is 2.06. The smallest absolute Gasteiger partial charge is 0.139 e. The molecule has 1 aromatic rings. The summed E-state index contributed by atoms with van der Waals surface area (Å²) in [5.41, 5.74) is 5.90. The highest BCUT2D eigenvalue weighted by molar-refractivity contribution is 9.10. The lowest BCUT2D eigenvalue weighted by atomic mass is 10.0. The Kier molecular flexibility index (Phi) is 4.07. The van der Waals surface area contributed by atoms with Crippen molar-refractivity contribution in [3.05, 3.63) is 28.0 Å². The average Bonchev–Trinajstić information content (AvgIpc) is 2.15. The van der Waals surface area contributed by atoms with Crippen LogP contribution in [-0.4, -0.2) is 18.3 Å². The summed E-state index contributed by atoms with van der Waals surface area (Å²) in [6.45, 7) is 1.64. The first-order valence-electron chi connectivity index (χ1n) is 4.44. The maximum absolute atomic E-state index is 13.1. The number of aliphatic hydroxyl groups excluding tert-OH is 1. The number of methoxy groups -OCH3 is 1. The van der Waals surface area contributed by atoms with E-state index in [1.165, 1.54) is 19.2 Å². The lowest BCUT2D eigenvalue weighted by Gasteiger charge is -2.18. The molecular weight excluding hydrogens is 265 g/mol. The van der Waals surface area contributed by atoms with Crippen molar-refractivity contribution in [1.29, 1.82) is 0 Å². The molecule has 2 atom stereocenters. The van der Waals surface area contributed by atoms with E-state index in [1.807, 2.05) is 0 Å². The van der Waals surface area contributed by atoms with Gasteiger partial charge in [0.05, 0.1) is 17.7 Å². The fraction of sp³-hybridized carbons (Fsp3) is 0.400. The van der Waals surface area contributed by atoms with Crippen LogP contribution in [0.25, 0.3) is 0 Å². The topological polar surface area (TPSA) is 55.5 Å². The van der Waals surface area contributed by atoms with Crippen LogP contribution in [0.3, 0.4) is 0 Å². The van der Waals surface area contributed by atoms with Crippen molar-refractivity contribution in [2.24, 2.45) is 5.73 Å². The molecule has 1 aromatic carbocycles. The monoisotopic (exact) mass is 277 g/mol. The molecule has 0 radical (unpaired) electrons. The second kappa shape index (κ2) is 4.92. The Bertz CT molecular complexity index is 358. The predicted octanol–water partition coefficient (Wildman–Crippen LogP) is 1.98. The molecule has 0 fully saturated rings. The van der Waals surface area contributed by atoms with Crippen LogP contribution in [0.1, 0.15) is 18.6 Å². The number of hydrogen-bond acceptors (Lipinski definition) is 3. The van der Waals surface area contributed by atoms with Gasteiger partial charge in [-0.3, -0.25) is 0 Å². The van der Waals surface area contributed by atoms with Gasteiger partial charge in [-0.2, -0.15) is 0 Å². The molecule has 3 nitrogen and oxygen atoms in total. The van der Waals surface area contributed by atoms with Crippen LogP contribution in [0, 0.1) is 5.82 Å². The summed E-state index contributed by atoms with van der Waals surface area (Å²) >= 11 is 3.16. The van der Waals surface area contributed by atoms with Gasteiger partial charge in [-0.15, -0.1) is 0 Å². The Balaban J connectivity index is 3.26. The normalized spacial score (nSPS) is 14.8. The Morgan fingerprint density at radius 3 is 2.60 bits per heavy atom. The highest BCUT2D eigenvalue weighted by atomic mass is 79.9. The zero-order valence-electron chi connectivity index (χ0n) is 8.50. The van der Waals surface area contributed by atoms with Crippen LogP contribution in [0.15, 0.2) is 16.6 Å². The summed E-state index contributed by atoms with van der Waals surface area (Å²) in [5.74, 6) is -0.0430. The second-order valence-electron chi connectivity index (χ2n) is 3.31. The molecule has 0 saturated carbocycles. The molecule has 0 aromatic heterocycles. The van der Waals surface area contributed by atoms with Gasteiger partial charge in [0.1, 0.15) is 11.6 Å². The molecule has 3 N–H and O–H groups in total. The Morgan fingerprint density at radius 2 is 2.13 bits per heavy atom. The largest absolute Gasteiger partial charge is 0.495 e. The zero-order valence-corrected chi connectivity index (χ0v) is 10.1.